The van der Waals surface area contributed by atoms with Crippen molar-refractivity contribution in [3.63, 3.8) is 0 Å². The Balaban J connectivity index is 1.34. The molecule has 1 aromatic carbocycles. The van der Waals surface area contributed by atoms with Gasteiger partial charge in [0, 0.05) is 31.5 Å². The lowest BCUT2D eigenvalue weighted by atomic mass is 10.1. The second-order valence-electron chi connectivity index (χ2n) is 8.11. The van der Waals surface area contributed by atoms with Gasteiger partial charge in [0.1, 0.15) is 12.2 Å². The molecule has 176 valence electrons. The normalized spacial score (nSPS) is 23.7. The molecule has 0 saturated carbocycles. The number of aliphatic carboxylic acids is 1. The minimum atomic E-state index is -0.943. The van der Waals surface area contributed by atoms with E-state index in [0.717, 1.165) is 28.7 Å². The van der Waals surface area contributed by atoms with Gasteiger partial charge in [-0.3, -0.25) is 9.59 Å². The van der Waals surface area contributed by atoms with Gasteiger partial charge in [0.05, 0.1) is 42.5 Å². The number of thioether (sulfide) groups is 1. The van der Waals surface area contributed by atoms with Crippen LogP contribution in [0.3, 0.4) is 0 Å². The Bertz CT molecular complexity index is 989. The van der Waals surface area contributed by atoms with Crippen molar-refractivity contribution in [2.75, 3.05) is 49.0 Å². The van der Waals surface area contributed by atoms with E-state index in [1.807, 2.05) is 49.3 Å². The standard InChI is InChI=1S/C22H27N5O5S/c1-27(2)14-5-3-13(4-6-14)15-7-8-23-22(25-15)26-17-10-32-20-16(9-31-21(17)20)24-18(28)11-33-12-19(29)30/h3-8,16-17,20-21H,9-12H2,1-2H3,(H,24,28)(H,29,30)(H,23,25,26)/t16-,17+,20-,21+/m0/s1. The van der Waals surface area contributed by atoms with Gasteiger partial charge in [0.25, 0.3) is 0 Å². The van der Waals surface area contributed by atoms with E-state index >= 15 is 0 Å². The fourth-order valence-corrected chi connectivity index (χ4v) is 4.46. The summed E-state index contributed by atoms with van der Waals surface area (Å²) in [7, 11) is 4.00. The predicted molar refractivity (Wildman–Crippen MR) is 126 cm³/mol. The van der Waals surface area contributed by atoms with Crippen LogP contribution in [0.2, 0.25) is 0 Å². The molecule has 33 heavy (non-hydrogen) atoms. The maximum Gasteiger partial charge on any atom is 0.313 e. The minimum absolute atomic E-state index is 0.0814. The molecule has 11 heteroatoms. The molecule has 2 aliphatic rings. The number of carboxylic acid groups (broad SMARTS) is 1. The van der Waals surface area contributed by atoms with E-state index < -0.39 is 5.97 Å². The SMILES string of the molecule is CN(C)c1ccc(-c2ccnc(N[C@@H]3CO[C@@H]4[C@@H]3OC[C@@H]4NC(=O)CSCC(=O)O)n2)cc1. The van der Waals surface area contributed by atoms with Gasteiger partial charge in [-0.25, -0.2) is 9.97 Å². The summed E-state index contributed by atoms with van der Waals surface area (Å²) in [5, 5.41) is 14.9. The number of nitrogens with zero attached hydrogens (tertiary/aromatic N) is 3. The van der Waals surface area contributed by atoms with Crippen LogP contribution in [0, 0.1) is 0 Å². The van der Waals surface area contributed by atoms with Crippen LogP contribution >= 0.6 is 11.8 Å². The molecule has 1 amide bonds. The quantitative estimate of drug-likeness (QED) is 0.487. The average molecular weight is 474 g/mol. The zero-order chi connectivity index (χ0) is 23.4. The van der Waals surface area contributed by atoms with E-state index in [2.05, 4.69) is 20.6 Å². The van der Waals surface area contributed by atoms with E-state index in [0.29, 0.717) is 19.2 Å². The zero-order valence-corrected chi connectivity index (χ0v) is 19.2. The van der Waals surface area contributed by atoms with Crippen molar-refractivity contribution >= 4 is 35.3 Å². The first-order valence-electron chi connectivity index (χ1n) is 10.6. The predicted octanol–water partition coefficient (Wildman–Crippen LogP) is 1.09. The molecular weight excluding hydrogens is 446 g/mol. The first-order chi connectivity index (χ1) is 15.9. The molecule has 2 saturated heterocycles. The largest absolute Gasteiger partial charge is 0.481 e. The molecule has 4 rings (SSSR count). The van der Waals surface area contributed by atoms with E-state index in [9.17, 15) is 9.59 Å². The lowest BCUT2D eigenvalue weighted by Crippen LogP contribution is -2.45. The number of fused-ring (bicyclic) bond motifs is 1. The van der Waals surface area contributed by atoms with Gasteiger partial charge in [-0.1, -0.05) is 12.1 Å². The average Bonchev–Trinajstić information content (AvgIpc) is 3.37. The van der Waals surface area contributed by atoms with Gasteiger partial charge < -0.3 is 30.1 Å². The Labute approximate surface area is 196 Å². The second kappa shape index (κ2) is 10.4. The number of amides is 1. The Morgan fingerprint density at radius 2 is 1.79 bits per heavy atom. The fraction of sp³-hybridized carbons (Fsp3) is 0.455. The maximum absolute atomic E-state index is 12.1. The van der Waals surface area contributed by atoms with Gasteiger partial charge in [-0.15, -0.1) is 11.8 Å². The van der Waals surface area contributed by atoms with Crippen LogP contribution in [-0.4, -0.2) is 90.1 Å². The van der Waals surface area contributed by atoms with Crippen LogP contribution in [0.25, 0.3) is 11.3 Å². The summed E-state index contributed by atoms with van der Waals surface area (Å²) in [5.41, 5.74) is 2.91. The van der Waals surface area contributed by atoms with E-state index in [-0.39, 0.29) is 41.7 Å². The van der Waals surface area contributed by atoms with Crippen molar-refractivity contribution in [1.82, 2.24) is 15.3 Å². The minimum Gasteiger partial charge on any atom is -0.481 e. The molecule has 2 aromatic rings. The summed E-state index contributed by atoms with van der Waals surface area (Å²) in [5.74, 6) is -0.714. The van der Waals surface area contributed by atoms with Crippen LogP contribution < -0.4 is 15.5 Å². The molecule has 0 aliphatic carbocycles. The van der Waals surface area contributed by atoms with Crippen LogP contribution in [-0.2, 0) is 19.1 Å². The highest BCUT2D eigenvalue weighted by Gasteiger charge is 2.48. The topological polar surface area (TPSA) is 126 Å². The van der Waals surface area contributed by atoms with E-state index in [1.54, 1.807) is 6.20 Å². The number of carbonyl (C=O) groups is 2. The molecule has 10 nitrogen and oxygen atoms in total. The second-order valence-corrected chi connectivity index (χ2v) is 9.10. The van der Waals surface area contributed by atoms with Gasteiger partial charge in [0.15, 0.2) is 0 Å². The molecule has 0 unspecified atom stereocenters. The number of carboxylic acids is 1. The number of nitrogens with one attached hydrogen (secondary N) is 2. The van der Waals surface area contributed by atoms with Gasteiger partial charge >= 0.3 is 5.97 Å². The van der Waals surface area contributed by atoms with Gasteiger partial charge in [-0.2, -0.15) is 0 Å². The fourth-order valence-electron chi connectivity index (χ4n) is 3.91. The zero-order valence-electron chi connectivity index (χ0n) is 18.4. The molecular formula is C22H27N5O5S. The van der Waals surface area contributed by atoms with Crippen LogP contribution in [0.1, 0.15) is 0 Å². The van der Waals surface area contributed by atoms with Crippen molar-refractivity contribution in [3.8, 4) is 11.3 Å². The Morgan fingerprint density at radius 3 is 2.48 bits per heavy atom. The summed E-state index contributed by atoms with van der Waals surface area (Å²) < 4.78 is 11.8. The molecule has 1 aromatic heterocycles. The third-order valence-electron chi connectivity index (χ3n) is 5.51. The number of aromatic nitrogens is 2. The lowest BCUT2D eigenvalue weighted by Gasteiger charge is -2.18. The maximum atomic E-state index is 12.1. The molecule has 3 N–H and O–H groups in total. The first kappa shape index (κ1) is 23.3. The van der Waals surface area contributed by atoms with Crippen LogP contribution in [0.15, 0.2) is 36.5 Å². The highest BCUT2D eigenvalue weighted by Crippen LogP contribution is 2.29. The Kier molecular flexibility index (Phi) is 7.31. The molecule has 2 aliphatic heterocycles. The first-order valence-corrected chi connectivity index (χ1v) is 11.8. The molecule has 3 heterocycles. The van der Waals surface area contributed by atoms with E-state index in [4.69, 9.17) is 14.6 Å². The van der Waals surface area contributed by atoms with Crippen molar-refractivity contribution in [2.45, 2.75) is 24.3 Å². The summed E-state index contributed by atoms with van der Waals surface area (Å²) >= 11 is 1.06. The van der Waals surface area contributed by atoms with Gasteiger partial charge in [0.2, 0.25) is 11.9 Å². The highest BCUT2D eigenvalue weighted by molar-refractivity contribution is 8.00. The molecule has 4 atom stereocenters. The lowest BCUT2D eigenvalue weighted by molar-refractivity contribution is -0.133. The molecule has 0 spiro atoms. The van der Waals surface area contributed by atoms with Crippen molar-refractivity contribution in [3.05, 3.63) is 36.5 Å². The third kappa shape index (κ3) is 5.73. The molecule has 0 radical (unpaired) electrons. The molecule has 0 bridgehead atoms. The number of rotatable bonds is 9. The smallest absolute Gasteiger partial charge is 0.313 e. The number of hydrogen-bond acceptors (Lipinski definition) is 9. The molecule has 2 fully saturated rings. The van der Waals surface area contributed by atoms with Gasteiger partial charge in [-0.05, 0) is 18.2 Å². The Morgan fingerprint density at radius 1 is 1.09 bits per heavy atom. The number of carbonyl (C=O) groups excluding carboxylic acids is 1. The van der Waals surface area contributed by atoms with Crippen molar-refractivity contribution < 1.29 is 24.2 Å². The summed E-state index contributed by atoms with van der Waals surface area (Å²) in [6.07, 6.45) is 1.19. The number of hydrogen-bond donors (Lipinski definition) is 3. The third-order valence-corrected chi connectivity index (χ3v) is 6.43. The Hall–Kier alpha value is -2.89. The monoisotopic (exact) mass is 473 g/mol. The summed E-state index contributed by atoms with van der Waals surface area (Å²) in [4.78, 5) is 33.7. The summed E-state index contributed by atoms with van der Waals surface area (Å²) in [6.45, 7) is 0.739. The summed E-state index contributed by atoms with van der Waals surface area (Å²) in [6, 6.07) is 9.58. The number of benzene rings is 1. The van der Waals surface area contributed by atoms with Crippen molar-refractivity contribution in [1.29, 1.82) is 0 Å². The number of ether oxygens (including phenoxy) is 2. The van der Waals surface area contributed by atoms with E-state index in [1.165, 1.54) is 0 Å². The van der Waals surface area contributed by atoms with Crippen LogP contribution in [0.5, 0.6) is 0 Å². The van der Waals surface area contributed by atoms with Crippen LogP contribution in [0.4, 0.5) is 11.6 Å². The highest BCUT2D eigenvalue weighted by atomic mass is 32.2. The number of anilines is 2. The van der Waals surface area contributed by atoms with Crippen molar-refractivity contribution in [2.24, 2.45) is 0 Å².